The molecule has 0 aromatic heterocycles. The van der Waals surface area contributed by atoms with Crippen molar-refractivity contribution in [3.05, 3.63) is 46.0 Å². The fourth-order valence-corrected chi connectivity index (χ4v) is 0. The van der Waals surface area contributed by atoms with Crippen LogP contribution in [-0.2, 0) is 0 Å². The number of nitrogens with zero attached hydrogens (tertiary/aromatic N) is 3. The van der Waals surface area contributed by atoms with E-state index in [4.69, 9.17) is 46.0 Å². The summed E-state index contributed by atoms with van der Waals surface area (Å²) in [6, 6.07) is 0. The first-order valence-electron chi connectivity index (χ1n) is 1.64. The van der Waals surface area contributed by atoms with Gasteiger partial charge in [0.1, 0.15) is 0 Å². The van der Waals surface area contributed by atoms with E-state index < -0.39 is 15.3 Å². The second-order valence-corrected chi connectivity index (χ2v) is 0.671. The maximum absolute atomic E-state index is 8.25. The Labute approximate surface area is 143 Å². The minimum Gasteiger partial charge on any atom is -0.412 e. The molecule has 19 heteroatoms. The van der Waals surface area contributed by atoms with Crippen LogP contribution in [0.2, 0.25) is 0 Å². The first-order chi connectivity index (χ1) is 5.20. The van der Waals surface area contributed by atoms with Crippen LogP contribution in [-0.4, -0.2) is 48.1 Å². The summed E-state index contributed by atoms with van der Waals surface area (Å²) in [7, 11) is 0. The molecule has 0 fully saturated rings. The third-order valence-electron chi connectivity index (χ3n) is 0. The van der Waals surface area contributed by atoms with Crippen LogP contribution in [0.1, 0.15) is 0 Å². The Balaban J connectivity index is -0.00000000675. The quantitative estimate of drug-likeness (QED) is 0.252. The molecule has 0 spiro atoms. The second-order valence-electron chi connectivity index (χ2n) is 0.671. The molecular weight excluding hydrogens is 434 g/mol. The van der Waals surface area contributed by atoms with Crippen LogP contribution < -0.4 is 0 Å². The minimum absolute atomic E-state index is 0. The fraction of sp³-hybridized carbons (Fsp3) is 0. The van der Waals surface area contributed by atoms with Crippen LogP contribution in [0, 0.1) is 95.3 Å². The molecule has 0 atom stereocenters. The van der Waals surface area contributed by atoms with E-state index in [0.717, 1.165) is 0 Å². The molecule has 0 aliphatic heterocycles. The predicted octanol–water partition coefficient (Wildman–Crippen LogP) is -5.67. The van der Waals surface area contributed by atoms with Gasteiger partial charge in [-0.15, -0.1) is 0 Å². The first-order valence-corrected chi connectivity index (χ1v) is 1.64. The van der Waals surface area contributed by atoms with Crippen molar-refractivity contribution in [2.24, 2.45) is 0 Å². The maximum Gasteiger partial charge on any atom is 3.00 e. The van der Waals surface area contributed by atoms with E-state index in [9.17, 15) is 0 Å². The van der Waals surface area contributed by atoms with Crippen molar-refractivity contribution < 1.29 is 97.5 Å². The summed E-state index contributed by atoms with van der Waals surface area (Å²) in [6.45, 7) is 0. The molecule has 0 heterocycles. The van der Waals surface area contributed by atoms with Crippen molar-refractivity contribution in [1.82, 2.24) is 0 Å². The maximum atomic E-state index is 8.25. The first kappa shape index (κ1) is 81.6. The molecule has 12 N–H and O–H groups in total. The summed E-state index contributed by atoms with van der Waals surface area (Å²) in [5.41, 5.74) is 0. The molecular formula is H12EuN3O15. The molecule has 0 aliphatic rings. The largest absolute Gasteiger partial charge is 3.00 e. The molecule has 0 aromatic carbocycles. The van der Waals surface area contributed by atoms with E-state index in [1.807, 2.05) is 0 Å². The zero-order valence-electron chi connectivity index (χ0n) is 8.39. The van der Waals surface area contributed by atoms with Crippen molar-refractivity contribution >= 4 is 0 Å². The van der Waals surface area contributed by atoms with Crippen molar-refractivity contribution in [2.45, 2.75) is 0 Å². The Bertz CT molecular complexity index is 115. The molecule has 19 heavy (non-hydrogen) atoms. The van der Waals surface area contributed by atoms with Gasteiger partial charge in [-0.2, -0.15) is 0 Å². The van der Waals surface area contributed by atoms with Gasteiger partial charge in [-0.3, -0.25) is 0 Å². The van der Waals surface area contributed by atoms with Gasteiger partial charge < -0.3 is 78.8 Å². The predicted molar refractivity (Wildman–Crippen MR) is 52.8 cm³/mol. The standard InChI is InChI=1S/Eu.3NO3.6H2O/c;3*2-1(3)4;;;;;;/h;;;;6*1H2/q+3;3*-1;;;;;;. The van der Waals surface area contributed by atoms with E-state index in [-0.39, 0.29) is 82.2 Å². The number of rotatable bonds is 0. The minimum atomic E-state index is -1.75. The third-order valence-corrected chi connectivity index (χ3v) is 0. The van der Waals surface area contributed by atoms with Crippen LogP contribution in [0.25, 0.3) is 0 Å². The molecule has 0 unspecified atom stereocenters. The SMILES string of the molecule is O.O.O.O.O.O.O=[N+]([O-])[O-].O=[N+]([O-])[O-].O=[N+]([O-])[O-].[Eu+3]. The fourth-order valence-electron chi connectivity index (χ4n) is 0. The summed E-state index contributed by atoms with van der Waals surface area (Å²) < 4.78 is 0. The zero-order chi connectivity index (χ0) is 10.7. The molecule has 124 valence electrons. The van der Waals surface area contributed by atoms with E-state index in [0.29, 0.717) is 0 Å². The Kier molecular flexibility index (Phi) is 293. The molecule has 0 aliphatic carbocycles. The van der Waals surface area contributed by atoms with Crippen molar-refractivity contribution in [3.8, 4) is 0 Å². The van der Waals surface area contributed by atoms with E-state index in [2.05, 4.69) is 0 Å². The van der Waals surface area contributed by atoms with Gasteiger partial charge >= 0.3 is 49.4 Å². The van der Waals surface area contributed by atoms with Gasteiger partial charge in [-0.05, 0) is 0 Å². The van der Waals surface area contributed by atoms with E-state index in [1.165, 1.54) is 0 Å². The van der Waals surface area contributed by atoms with Crippen LogP contribution in [0.3, 0.4) is 0 Å². The summed E-state index contributed by atoms with van der Waals surface area (Å²) >= 11 is 0. The molecule has 0 rings (SSSR count). The normalized spacial score (nSPS) is 3.79. The monoisotopic (exact) mass is 447 g/mol. The number of hydrogen-bond acceptors (Lipinski definition) is 9. The van der Waals surface area contributed by atoms with Crippen molar-refractivity contribution in [2.75, 3.05) is 0 Å². The summed E-state index contributed by atoms with van der Waals surface area (Å²) in [5.74, 6) is 0. The van der Waals surface area contributed by atoms with Gasteiger partial charge in [0.05, 0.1) is 15.3 Å². The summed E-state index contributed by atoms with van der Waals surface area (Å²) in [5, 5.41) is 44.2. The van der Waals surface area contributed by atoms with Crippen LogP contribution >= 0.6 is 0 Å². The van der Waals surface area contributed by atoms with Gasteiger partial charge in [-0.25, -0.2) is 0 Å². The Morgan fingerprint density at radius 3 is 0.421 bits per heavy atom. The van der Waals surface area contributed by atoms with E-state index >= 15 is 0 Å². The molecule has 18 nitrogen and oxygen atoms in total. The smallest absolute Gasteiger partial charge is 0.412 e. The van der Waals surface area contributed by atoms with Crippen molar-refractivity contribution in [3.63, 3.8) is 0 Å². The average Bonchev–Trinajstić information content (AvgIpc) is 1.54. The summed E-state index contributed by atoms with van der Waals surface area (Å²) in [4.78, 5) is 24.8. The van der Waals surface area contributed by atoms with Crippen LogP contribution in [0.5, 0.6) is 0 Å². The Morgan fingerprint density at radius 2 is 0.421 bits per heavy atom. The molecule has 0 amide bonds. The molecule has 0 bridgehead atoms. The Hall–Kier alpha value is -1.06. The topological polar surface area (TPSA) is 388 Å². The van der Waals surface area contributed by atoms with Gasteiger partial charge in [0.2, 0.25) is 0 Å². The molecule has 0 aromatic rings. The summed E-state index contributed by atoms with van der Waals surface area (Å²) in [6.07, 6.45) is 0. The zero-order valence-corrected chi connectivity index (χ0v) is 10.8. The molecule has 0 saturated carbocycles. The number of hydrogen-bond donors (Lipinski definition) is 0. The van der Waals surface area contributed by atoms with Crippen LogP contribution in [0.15, 0.2) is 0 Å². The molecule has 0 saturated heterocycles. The van der Waals surface area contributed by atoms with Gasteiger partial charge in [0.15, 0.2) is 0 Å². The average molecular weight is 446 g/mol. The van der Waals surface area contributed by atoms with E-state index in [1.54, 1.807) is 0 Å². The van der Waals surface area contributed by atoms with Gasteiger partial charge in [0, 0.05) is 0 Å². The van der Waals surface area contributed by atoms with Crippen molar-refractivity contribution in [1.29, 1.82) is 0 Å². The van der Waals surface area contributed by atoms with Crippen LogP contribution in [0.4, 0.5) is 0 Å². The third kappa shape index (κ3) is 3400. The van der Waals surface area contributed by atoms with Gasteiger partial charge in [-0.1, -0.05) is 0 Å². The Morgan fingerprint density at radius 1 is 0.421 bits per heavy atom. The second kappa shape index (κ2) is 68.3. The molecule has 0 radical (unpaired) electrons. The van der Waals surface area contributed by atoms with Gasteiger partial charge in [0.25, 0.3) is 0 Å².